The summed E-state index contributed by atoms with van der Waals surface area (Å²) < 4.78 is 0. The Morgan fingerprint density at radius 3 is 2.64 bits per heavy atom. The van der Waals surface area contributed by atoms with Crippen LogP contribution in [0.5, 0.6) is 0 Å². The fraction of sp³-hybridized carbons (Fsp3) is 0. The van der Waals surface area contributed by atoms with Gasteiger partial charge < -0.3 is 5.73 Å². The number of nitro groups is 1. The van der Waals surface area contributed by atoms with E-state index < -0.39 is 4.92 Å². The van der Waals surface area contributed by atoms with Crippen LogP contribution in [0.15, 0.2) is 18.2 Å². The summed E-state index contributed by atoms with van der Waals surface area (Å²) in [5, 5.41) is 10.1. The fourth-order valence-corrected chi connectivity index (χ4v) is 0.601. The van der Waals surface area contributed by atoms with E-state index in [2.05, 4.69) is 6.07 Å². The largest absolute Gasteiger partial charge is 0.444 e. The SMILES string of the molecule is Nc1c[c-]ccc1[N+](=O)[O-].[Y]. The number of nitrogen functional groups attached to an aromatic ring is 1. The van der Waals surface area contributed by atoms with Crippen molar-refractivity contribution in [1.29, 1.82) is 0 Å². The molecule has 1 rings (SSSR count). The Kier molecular flexibility index (Phi) is 4.22. The molecule has 0 heterocycles. The second-order valence-electron chi connectivity index (χ2n) is 1.74. The standard InChI is InChI=1S/C6H5N2O2.Y/c7-5-3-1-2-4-6(5)8(9)10;/h2-4H,7H2;/q-1;. The molecule has 0 aliphatic heterocycles. The van der Waals surface area contributed by atoms with E-state index in [-0.39, 0.29) is 44.1 Å². The minimum Gasteiger partial charge on any atom is -0.444 e. The summed E-state index contributed by atoms with van der Waals surface area (Å²) in [5.41, 5.74) is 5.32. The zero-order chi connectivity index (χ0) is 7.56. The number of nitrogens with zero attached hydrogens (tertiary/aromatic N) is 1. The van der Waals surface area contributed by atoms with Gasteiger partial charge in [-0.2, -0.15) is 12.1 Å². The summed E-state index contributed by atoms with van der Waals surface area (Å²) >= 11 is 0. The van der Waals surface area contributed by atoms with Gasteiger partial charge >= 0.3 is 0 Å². The van der Waals surface area contributed by atoms with Gasteiger partial charge in [0.15, 0.2) is 5.69 Å². The molecule has 4 nitrogen and oxygen atoms in total. The summed E-state index contributed by atoms with van der Waals surface area (Å²) in [6.07, 6.45) is 0. The zero-order valence-corrected chi connectivity index (χ0v) is 8.49. The molecule has 11 heavy (non-hydrogen) atoms. The second kappa shape index (κ2) is 4.41. The average molecular weight is 226 g/mol. The summed E-state index contributed by atoms with van der Waals surface area (Å²) in [6.45, 7) is 0. The van der Waals surface area contributed by atoms with E-state index in [1.54, 1.807) is 0 Å². The van der Waals surface area contributed by atoms with Gasteiger partial charge in [0.2, 0.25) is 0 Å². The van der Waals surface area contributed by atoms with Gasteiger partial charge in [0, 0.05) is 37.6 Å². The molecular formula is C6H5N2O2Y-. The Balaban J connectivity index is 0.000001000. The van der Waals surface area contributed by atoms with E-state index in [9.17, 15) is 10.1 Å². The van der Waals surface area contributed by atoms with Crippen LogP contribution in [0, 0.1) is 16.2 Å². The quantitative estimate of drug-likeness (QED) is 0.335. The summed E-state index contributed by atoms with van der Waals surface area (Å²) in [5.74, 6) is 0. The Morgan fingerprint density at radius 1 is 1.64 bits per heavy atom. The van der Waals surface area contributed by atoms with E-state index >= 15 is 0 Å². The van der Waals surface area contributed by atoms with Crippen LogP contribution in [0.3, 0.4) is 0 Å². The molecule has 0 atom stereocenters. The van der Waals surface area contributed by atoms with E-state index in [0.717, 1.165) is 0 Å². The number of rotatable bonds is 1. The molecule has 0 saturated carbocycles. The van der Waals surface area contributed by atoms with Gasteiger partial charge in [-0.1, -0.05) is 6.07 Å². The molecule has 0 saturated heterocycles. The smallest absolute Gasteiger partial charge is 0.188 e. The first kappa shape index (κ1) is 10.5. The molecule has 55 valence electrons. The van der Waals surface area contributed by atoms with Crippen molar-refractivity contribution in [2.45, 2.75) is 0 Å². The van der Waals surface area contributed by atoms with Crippen LogP contribution in [0.2, 0.25) is 0 Å². The first-order chi connectivity index (χ1) is 4.72. The number of anilines is 1. The Hall–Kier alpha value is -0.476. The van der Waals surface area contributed by atoms with Crippen molar-refractivity contribution in [3.8, 4) is 0 Å². The maximum atomic E-state index is 10.1. The van der Waals surface area contributed by atoms with Crippen LogP contribution >= 0.6 is 0 Å². The molecule has 5 heteroatoms. The van der Waals surface area contributed by atoms with Crippen LogP contribution in [0.4, 0.5) is 11.4 Å². The Labute approximate surface area is 88.8 Å². The van der Waals surface area contributed by atoms with Crippen molar-refractivity contribution in [3.63, 3.8) is 0 Å². The normalized spacial score (nSPS) is 8.36. The number of hydrogen-bond donors (Lipinski definition) is 1. The number of nitro benzene ring substituents is 1. The maximum Gasteiger partial charge on any atom is 0.188 e. The van der Waals surface area contributed by atoms with Crippen LogP contribution in [0.25, 0.3) is 0 Å². The van der Waals surface area contributed by atoms with Gasteiger partial charge in [0.1, 0.15) is 0 Å². The van der Waals surface area contributed by atoms with Crippen LogP contribution in [-0.4, -0.2) is 4.92 Å². The molecule has 0 aliphatic carbocycles. The molecule has 0 bridgehead atoms. The van der Waals surface area contributed by atoms with Gasteiger partial charge in [-0.25, -0.2) is 0 Å². The van der Waals surface area contributed by atoms with Crippen molar-refractivity contribution in [1.82, 2.24) is 0 Å². The van der Waals surface area contributed by atoms with Crippen molar-refractivity contribution >= 4 is 11.4 Å². The monoisotopic (exact) mass is 226 g/mol. The molecular weight excluding hydrogens is 221 g/mol. The molecule has 0 unspecified atom stereocenters. The Morgan fingerprint density at radius 2 is 2.27 bits per heavy atom. The third-order valence-electron chi connectivity index (χ3n) is 1.07. The van der Waals surface area contributed by atoms with Gasteiger partial charge in [0.25, 0.3) is 0 Å². The molecule has 1 radical (unpaired) electrons. The molecule has 0 amide bonds. The predicted octanol–water partition coefficient (Wildman–Crippen LogP) is 0.975. The van der Waals surface area contributed by atoms with Crippen LogP contribution in [-0.2, 0) is 32.7 Å². The van der Waals surface area contributed by atoms with Crippen LogP contribution < -0.4 is 5.73 Å². The first-order valence-corrected chi connectivity index (χ1v) is 2.62. The third-order valence-corrected chi connectivity index (χ3v) is 1.07. The van der Waals surface area contributed by atoms with Gasteiger partial charge in [0.05, 0.1) is 0 Å². The van der Waals surface area contributed by atoms with Gasteiger partial charge in [-0.3, -0.25) is 10.1 Å². The number of nitrogens with two attached hydrogens (primary N) is 1. The summed E-state index contributed by atoms with van der Waals surface area (Å²) in [4.78, 5) is 9.61. The molecule has 0 fully saturated rings. The van der Waals surface area contributed by atoms with E-state index in [0.29, 0.717) is 0 Å². The maximum absolute atomic E-state index is 10.1. The fourth-order valence-electron chi connectivity index (χ4n) is 0.601. The van der Waals surface area contributed by atoms with E-state index in [1.165, 1.54) is 18.2 Å². The molecule has 0 aromatic heterocycles. The molecule has 0 aliphatic rings. The van der Waals surface area contributed by atoms with Crippen molar-refractivity contribution in [2.24, 2.45) is 0 Å². The second-order valence-corrected chi connectivity index (χ2v) is 1.74. The number of hydrogen-bond acceptors (Lipinski definition) is 3. The van der Waals surface area contributed by atoms with Crippen molar-refractivity contribution in [2.75, 3.05) is 5.73 Å². The van der Waals surface area contributed by atoms with E-state index in [4.69, 9.17) is 5.73 Å². The average Bonchev–Trinajstić information content (AvgIpc) is 1.88. The minimum absolute atomic E-state index is 0. The van der Waals surface area contributed by atoms with Gasteiger partial charge in [-0.15, -0.1) is 6.07 Å². The zero-order valence-electron chi connectivity index (χ0n) is 5.65. The summed E-state index contributed by atoms with van der Waals surface area (Å²) in [6, 6.07) is 6.77. The number of benzene rings is 1. The van der Waals surface area contributed by atoms with Gasteiger partial charge in [-0.05, 0) is 5.69 Å². The topological polar surface area (TPSA) is 69.2 Å². The molecule has 1 aromatic rings. The Bertz CT molecular complexity index is 265. The predicted molar refractivity (Wildman–Crippen MR) is 36.3 cm³/mol. The summed E-state index contributed by atoms with van der Waals surface area (Å²) in [7, 11) is 0. The third kappa shape index (κ3) is 2.56. The molecule has 0 spiro atoms. The molecule has 2 N–H and O–H groups in total. The van der Waals surface area contributed by atoms with E-state index in [1.807, 2.05) is 0 Å². The van der Waals surface area contributed by atoms with Crippen molar-refractivity contribution < 1.29 is 37.6 Å². The molecule has 1 aromatic carbocycles. The van der Waals surface area contributed by atoms with Crippen molar-refractivity contribution in [3.05, 3.63) is 34.4 Å². The first-order valence-electron chi connectivity index (χ1n) is 2.62. The van der Waals surface area contributed by atoms with Crippen LogP contribution in [0.1, 0.15) is 0 Å². The minimum atomic E-state index is -0.525.